The lowest BCUT2D eigenvalue weighted by Gasteiger charge is -2.17. The van der Waals surface area contributed by atoms with E-state index in [2.05, 4.69) is 12.2 Å². The fraction of sp³-hybridized carbons (Fsp3) is 0.250. The van der Waals surface area contributed by atoms with E-state index in [1.165, 1.54) is 0 Å². The third kappa shape index (κ3) is 2.85. The highest BCUT2D eigenvalue weighted by atomic mass is 35.5. The molecule has 4 nitrogen and oxygen atoms in total. The van der Waals surface area contributed by atoms with Gasteiger partial charge in [-0.25, -0.2) is 0 Å². The van der Waals surface area contributed by atoms with Crippen molar-refractivity contribution in [1.29, 1.82) is 0 Å². The molecular formula is C16H16ClNO3. The van der Waals surface area contributed by atoms with E-state index in [9.17, 15) is 0 Å². The summed E-state index contributed by atoms with van der Waals surface area (Å²) in [5, 5.41) is 3.99. The van der Waals surface area contributed by atoms with Crippen molar-refractivity contribution in [2.45, 2.75) is 13.0 Å². The summed E-state index contributed by atoms with van der Waals surface area (Å²) in [6, 6.07) is 11.6. The summed E-state index contributed by atoms with van der Waals surface area (Å²) in [6.45, 7) is 2.30. The van der Waals surface area contributed by atoms with Crippen LogP contribution in [0, 0.1) is 0 Å². The van der Waals surface area contributed by atoms with Crippen molar-refractivity contribution in [3.8, 4) is 17.2 Å². The summed E-state index contributed by atoms with van der Waals surface area (Å²) in [6.07, 6.45) is 0. The number of nitrogens with one attached hydrogen (secondary N) is 1. The molecule has 5 heteroatoms. The van der Waals surface area contributed by atoms with Crippen molar-refractivity contribution in [2.24, 2.45) is 0 Å². The second kappa shape index (κ2) is 5.74. The summed E-state index contributed by atoms with van der Waals surface area (Å²) in [5.41, 5.74) is 1.93. The van der Waals surface area contributed by atoms with E-state index < -0.39 is 0 Å². The molecule has 3 rings (SSSR count). The van der Waals surface area contributed by atoms with Gasteiger partial charge in [-0.2, -0.15) is 0 Å². The average molecular weight is 306 g/mol. The van der Waals surface area contributed by atoms with Gasteiger partial charge >= 0.3 is 0 Å². The Labute approximate surface area is 128 Å². The van der Waals surface area contributed by atoms with Gasteiger partial charge in [0.25, 0.3) is 0 Å². The van der Waals surface area contributed by atoms with Crippen LogP contribution in [0.1, 0.15) is 18.5 Å². The van der Waals surface area contributed by atoms with Crippen LogP contribution in [0.25, 0.3) is 0 Å². The van der Waals surface area contributed by atoms with Crippen molar-refractivity contribution < 1.29 is 14.2 Å². The first kappa shape index (κ1) is 13.9. The normalized spacial score (nSPS) is 13.9. The highest BCUT2D eigenvalue weighted by Crippen LogP contribution is 2.40. The quantitative estimate of drug-likeness (QED) is 0.916. The van der Waals surface area contributed by atoms with Crippen molar-refractivity contribution in [1.82, 2.24) is 0 Å². The predicted molar refractivity (Wildman–Crippen MR) is 82.6 cm³/mol. The Morgan fingerprint density at radius 2 is 1.95 bits per heavy atom. The highest BCUT2D eigenvalue weighted by Gasteiger charge is 2.17. The molecule has 1 unspecified atom stereocenters. The van der Waals surface area contributed by atoms with E-state index in [1.54, 1.807) is 13.2 Å². The van der Waals surface area contributed by atoms with Crippen LogP contribution in [0.2, 0.25) is 5.02 Å². The van der Waals surface area contributed by atoms with Gasteiger partial charge in [-0.3, -0.25) is 0 Å². The van der Waals surface area contributed by atoms with Crippen LogP contribution in [0.15, 0.2) is 36.4 Å². The summed E-state index contributed by atoms with van der Waals surface area (Å²) in [7, 11) is 1.66. The summed E-state index contributed by atoms with van der Waals surface area (Å²) < 4.78 is 15.9. The number of methoxy groups -OCH3 is 1. The lowest BCUT2D eigenvalue weighted by molar-refractivity contribution is 0.174. The van der Waals surface area contributed by atoms with E-state index in [0.29, 0.717) is 16.5 Å². The van der Waals surface area contributed by atoms with Crippen molar-refractivity contribution in [3.63, 3.8) is 0 Å². The van der Waals surface area contributed by atoms with Gasteiger partial charge in [0, 0.05) is 18.2 Å². The maximum absolute atomic E-state index is 6.28. The monoisotopic (exact) mass is 305 g/mol. The van der Waals surface area contributed by atoms with Crippen LogP contribution in [0.4, 0.5) is 5.69 Å². The van der Waals surface area contributed by atoms with Gasteiger partial charge in [-0.15, -0.1) is 0 Å². The van der Waals surface area contributed by atoms with Gasteiger partial charge in [0.15, 0.2) is 11.5 Å². The Morgan fingerprint density at radius 3 is 2.71 bits per heavy atom. The van der Waals surface area contributed by atoms with Crippen LogP contribution in [-0.4, -0.2) is 13.9 Å². The Morgan fingerprint density at radius 1 is 1.19 bits per heavy atom. The number of fused-ring (bicyclic) bond motifs is 1. The molecule has 1 N–H and O–H groups in total. The van der Waals surface area contributed by atoms with Gasteiger partial charge in [-0.1, -0.05) is 23.7 Å². The number of anilines is 1. The lowest BCUT2D eigenvalue weighted by atomic mass is 10.1. The van der Waals surface area contributed by atoms with Crippen LogP contribution in [0.5, 0.6) is 17.2 Å². The number of hydrogen-bond donors (Lipinski definition) is 1. The minimum absolute atomic E-state index is 0.0815. The zero-order valence-electron chi connectivity index (χ0n) is 11.9. The molecule has 0 fully saturated rings. The Bertz CT molecular complexity index is 660. The van der Waals surface area contributed by atoms with E-state index in [4.69, 9.17) is 25.8 Å². The molecule has 1 atom stereocenters. The molecule has 1 aliphatic rings. The van der Waals surface area contributed by atoms with Crippen molar-refractivity contribution >= 4 is 17.3 Å². The molecule has 0 spiro atoms. The topological polar surface area (TPSA) is 39.7 Å². The molecule has 0 aromatic heterocycles. The zero-order chi connectivity index (χ0) is 14.8. The van der Waals surface area contributed by atoms with Gasteiger partial charge < -0.3 is 19.5 Å². The molecule has 0 aliphatic carbocycles. The second-order valence-corrected chi connectivity index (χ2v) is 5.24. The molecule has 0 bridgehead atoms. The van der Waals surface area contributed by atoms with Gasteiger partial charge in [0.1, 0.15) is 5.75 Å². The van der Waals surface area contributed by atoms with Crippen LogP contribution in [-0.2, 0) is 0 Å². The standard InChI is InChI=1S/C16H16ClNO3/c1-10(11-4-3-5-12(6-11)19-2)18-14-8-16-15(7-13(14)17)20-9-21-16/h3-8,10,18H,9H2,1-2H3. The minimum atomic E-state index is 0.0815. The molecule has 2 aromatic carbocycles. The highest BCUT2D eigenvalue weighted by molar-refractivity contribution is 6.33. The molecule has 21 heavy (non-hydrogen) atoms. The van der Waals surface area contributed by atoms with Gasteiger partial charge in [0.2, 0.25) is 6.79 Å². The third-order valence-electron chi connectivity index (χ3n) is 3.43. The fourth-order valence-electron chi connectivity index (χ4n) is 2.26. The Balaban J connectivity index is 1.82. The summed E-state index contributed by atoms with van der Waals surface area (Å²) in [5.74, 6) is 2.22. The molecule has 1 aliphatic heterocycles. The van der Waals surface area contributed by atoms with E-state index in [0.717, 1.165) is 17.0 Å². The predicted octanol–water partition coefficient (Wildman–Crippen LogP) is 4.25. The van der Waals surface area contributed by atoms with Crippen LogP contribution in [0.3, 0.4) is 0 Å². The maximum Gasteiger partial charge on any atom is 0.231 e. The zero-order valence-corrected chi connectivity index (χ0v) is 12.6. The number of halogens is 1. The number of benzene rings is 2. The van der Waals surface area contributed by atoms with Crippen molar-refractivity contribution in [2.75, 3.05) is 19.2 Å². The molecular weight excluding hydrogens is 290 g/mol. The minimum Gasteiger partial charge on any atom is -0.497 e. The van der Waals surface area contributed by atoms with E-state index in [1.807, 2.05) is 30.3 Å². The number of ether oxygens (including phenoxy) is 3. The molecule has 0 amide bonds. The summed E-state index contributed by atoms with van der Waals surface area (Å²) >= 11 is 6.28. The smallest absolute Gasteiger partial charge is 0.231 e. The fourth-order valence-corrected chi connectivity index (χ4v) is 2.46. The molecule has 0 saturated heterocycles. The van der Waals surface area contributed by atoms with Crippen molar-refractivity contribution in [3.05, 3.63) is 47.0 Å². The first-order chi connectivity index (χ1) is 10.2. The average Bonchev–Trinajstić information content (AvgIpc) is 2.94. The first-order valence-electron chi connectivity index (χ1n) is 6.67. The lowest BCUT2D eigenvalue weighted by Crippen LogP contribution is -2.07. The third-order valence-corrected chi connectivity index (χ3v) is 3.74. The van der Waals surface area contributed by atoms with E-state index >= 15 is 0 Å². The van der Waals surface area contributed by atoms with Crippen LogP contribution < -0.4 is 19.5 Å². The van der Waals surface area contributed by atoms with E-state index in [-0.39, 0.29) is 12.8 Å². The first-order valence-corrected chi connectivity index (χ1v) is 7.05. The molecule has 110 valence electrons. The Kier molecular flexibility index (Phi) is 3.80. The molecule has 0 saturated carbocycles. The largest absolute Gasteiger partial charge is 0.497 e. The number of rotatable bonds is 4. The summed E-state index contributed by atoms with van der Waals surface area (Å²) in [4.78, 5) is 0. The molecule has 0 radical (unpaired) electrons. The molecule has 1 heterocycles. The number of hydrogen-bond acceptors (Lipinski definition) is 4. The maximum atomic E-state index is 6.28. The Hall–Kier alpha value is -2.07. The van der Waals surface area contributed by atoms with Gasteiger partial charge in [-0.05, 0) is 24.6 Å². The SMILES string of the molecule is COc1cccc(C(C)Nc2cc3c(cc2Cl)OCO3)c1. The van der Waals surface area contributed by atoms with Gasteiger partial charge in [0.05, 0.1) is 17.8 Å². The second-order valence-electron chi connectivity index (χ2n) is 4.83. The van der Waals surface area contributed by atoms with Crippen LogP contribution >= 0.6 is 11.6 Å². The molecule has 2 aromatic rings.